The first-order valence-electron chi connectivity index (χ1n) is 10.3. The minimum absolute atomic E-state index is 0.120. The molecule has 0 radical (unpaired) electrons. The quantitative estimate of drug-likeness (QED) is 0.850. The van der Waals surface area contributed by atoms with Gasteiger partial charge in [0.25, 0.3) is 0 Å². The lowest BCUT2D eigenvalue weighted by molar-refractivity contribution is -0.137. The molecule has 2 saturated carbocycles. The van der Waals surface area contributed by atoms with Gasteiger partial charge in [0, 0.05) is 26.2 Å². The maximum Gasteiger partial charge on any atom is 0.222 e. The van der Waals surface area contributed by atoms with Crippen molar-refractivity contribution in [3.05, 3.63) is 35.4 Å². The average molecular weight is 372 g/mol. The normalized spacial score (nSPS) is 36.4. The summed E-state index contributed by atoms with van der Waals surface area (Å²) < 4.78 is 11.4. The molecule has 4 rings (SSSR count). The van der Waals surface area contributed by atoms with Gasteiger partial charge < -0.3 is 14.8 Å². The van der Waals surface area contributed by atoms with Gasteiger partial charge in [-0.25, -0.2) is 0 Å². The van der Waals surface area contributed by atoms with E-state index in [9.17, 15) is 4.79 Å². The maximum atomic E-state index is 12.6. The van der Waals surface area contributed by atoms with E-state index in [1.165, 1.54) is 24.0 Å². The van der Waals surface area contributed by atoms with Crippen LogP contribution in [0.25, 0.3) is 0 Å². The lowest BCUT2D eigenvalue weighted by atomic mass is 9.58. The van der Waals surface area contributed by atoms with E-state index in [0.29, 0.717) is 24.9 Å². The standard InChI is InChI=1S/C23H33NO3/c1-15-6-5-7-16(12-15)20-18-13-17-14-23(18,9-11-27-20)21(22(17,2)3)24-19(25)8-10-26-4/h5-7,12,17-18,20-21H,8-11,13-14H2,1-4H3,(H,24,25)/t17-,18-,20-,21+,23-/m1/s1. The Kier molecular flexibility index (Phi) is 4.84. The van der Waals surface area contributed by atoms with E-state index in [-0.39, 0.29) is 28.9 Å². The molecule has 0 aromatic heterocycles. The van der Waals surface area contributed by atoms with E-state index < -0.39 is 0 Å². The molecule has 2 bridgehead atoms. The van der Waals surface area contributed by atoms with Crippen molar-refractivity contribution in [1.82, 2.24) is 5.32 Å². The van der Waals surface area contributed by atoms with Gasteiger partial charge in [-0.2, -0.15) is 0 Å². The second-order valence-electron chi connectivity index (χ2n) is 9.50. The van der Waals surface area contributed by atoms with Crippen LogP contribution in [0.5, 0.6) is 0 Å². The highest BCUT2D eigenvalue weighted by molar-refractivity contribution is 5.76. The zero-order valence-electron chi connectivity index (χ0n) is 17.1. The molecule has 27 heavy (non-hydrogen) atoms. The average Bonchev–Trinajstić information content (AvgIpc) is 3.12. The van der Waals surface area contributed by atoms with Gasteiger partial charge >= 0.3 is 0 Å². The van der Waals surface area contributed by atoms with Gasteiger partial charge in [-0.3, -0.25) is 4.79 Å². The molecule has 148 valence electrons. The van der Waals surface area contributed by atoms with Crippen LogP contribution in [0.3, 0.4) is 0 Å². The first kappa shape index (κ1) is 18.9. The number of carbonyl (C=O) groups is 1. The molecule has 1 amide bonds. The van der Waals surface area contributed by atoms with Crippen LogP contribution in [0.15, 0.2) is 24.3 Å². The fourth-order valence-electron chi connectivity index (χ4n) is 6.39. The number of amides is 1. The molecule has 5 atom stereocenters. The summed E-state index contributed by atoms with van der Waals surface area (Å²) in [5, 5.41) is 3.43. The monoisotopic (exact) mass is 371 g/mol. The minimum Gasteiger partial charge on any atom is -0.384 e. The predicted octanol–water partition coefficient (Wildman–Crippen LogP) is 4.03. The summed E-state index contributed by atoms with van der Waals surface area (Å²) >= 11 is 0. The number of hydrogen-bond donors (Lipinski definition) is 1. The largest absolute Gasteiger partial charge is 0.384 e. The van der Waals surface area contributed by atoms with Crippen LogP contribution in [0.2, 0.25) is 0 Å². The smallest absolute Gasteiger partial charge is 0.222 e. The summed E-state index contributed by atoms with van der Waals surface area (Å²) in [6, 6.07) is 8.98. The highest BCUT2D eigenvalue weighted by Gasteiger charge is 2.68. The van der Waals surface area contributed by atoms with Gasteiger partial charge in [0.15, 0.2) is 0 Å². The third-order valence-electron chi connectivity index (χ3n) is 7.71. The minimum atomic E-state index is 0.120. The molecule has 2 aliphatic carbocycles. The second kappa shape index (κ2) is 6.89. The summed E-state index contributed by atoms with van der Waals surface area (Å²) in [4.78, 5) is 12.6. The molecular formula is C23H33NO3. The number of fused-ring (bicyclic) bond motifs is 1. The molecule has 1 aromatic carbocycles. The molecular weight excluding hydrogens is 338 g/mol. The molecule has 0 unspecified atom stereocenters. The summed E-state index contributed by atoms with van der Waals surface area (Å²) in [6.07, 6.45) is 4.06. The lowest BCUT2D eigenvalue weighted by Crippen LogP contribution is -2.59. The molecule has 4 heteroatoms. The zero-order chi connectivity index (χ0) is 19.2. The molecule has 1 saturated heterocycles. The highest BCUT2D eigenvalue weighted by atomic mass is 16.5. The Morgan fingerprint density at radius 1 is 1.37 bits per heavy atom. The Balaban J connectivity index is 1.63. The van der Waals surface area contributed by atoms with Crippen molar-refractivity contribution < 1.29 is 14.3 Å². The fourth-order valence-corrected chi connectivity index (χ4v) is 6.39. The third kappa shape index (κ3) is 3.01. The third-order valence-corrected chi connectivity index (χ3v) is 7.71. The molecule has 3 fully saturated rings. The van der Waals surface area contributed by atoms with Crippen molar-refractivity contribution in [3.8, 4) is 0 Å². The van der Waals surface area contributed by atoms with Crippen molar-refractivity contribution in [1.29, 1.82) is 0 Å². The Bertz CT molecular complexity index is 715. The van der Waals surface area contributed by atoms with Crippen LogP contribution in [-0.4, -0.2) is 32.3 Å². The lowest BCUT2D eigenvalue weighted by Gasteiger charge is -2.53. The van der Waals surface area contributed by atoms with Crippen molar-refractivity contribution in [2.75, 3.05) is 20.3 Å². The second-order valence-corrected chi connectivity index (χ2v) is 9.50. The van der Waals surface area contributed by atoms with E-state index in [1.54, 1.807) is 7.11 Å². The van der Waals surface area contributed by atoms with Gasteiger partial charge in [0.05, 0.1) is 12.7 Å². The zero-order valence-corrected chi connectivity index (χ0v) is 17.1. The number of benzene rings is 1. The molecule has 1 N–H and O–H groups in total. The van der Waals surface area contributed by atoms with Crippen LogP contribution >= 0.6 is 0 Å². The number of carbonyl (C=O) groups excluding carboxylic acids is 1. The summed E-state index contributed by atoms with van der Waals surface area (Å²) in [6.45, 7) is 8.10. The van der Waals surface area contributed by atoms with Crippen LogP contribution in [0.4, 0.5) is 0 Å². The molecule has 3 aliphatic rings. The van der Waals surface area contributed by atoms with Crippen molar-refractivity contribution in [3.63, 3.8) is 0 Å². The molecule has 1 aromatic rings. The summed E-state index contributed by atoms with van der Waals surface area (Å²) in [7, 11) is 1.65. The number of ether oxygens (including phenoxy) is 2. The topological polar surface area (TPSA) is 47.6 Å². The maximum absolute atomic E-state index is 12.6. The first-order chi connectivity index (χ1) is 12.9. The SMILES string of the molecule is COCCC(=O)N[C@H]1C(C)(C)[C@@H]2C[C@@H]3[C@@H](c4cccc(C)c4)OCC[C@@]31C2. The van der Waals surface area contributed by atoms with Gasteiger partial charge in [-0.1, -0.05) is 43.7 Å². The number of methoxy groups -OCH3 is 1. The van der Waals surface area contributed by atoms with Gasteiger partial charge in [0.1, 0.15) is 0 Å². The van der Waals surface area contributed by atoms with Crippen LogP contribution in [0.1, 0.15) is 56.8 Å². The summed E-state index contributed by atoms with van der Waals surface area (Å²) in [5.74, 6) is 1.25. The van der Waals surface area contributed by atoms with Crippen molar-refractivity contribution in [2.24, 2.45) is 22.7 Å². The van der Waals surface area contributed by atoms with E-state index >= 15 is 0 Å². The van der Waals surface area contributed by atoms with Gasteiger partial charge in [0.2, 0.25) is 5.91 Å². The molecule has 1 aliphatic heterocycles. The Morgan fingerprint density at radius 2 is 2.19 bits per heavy atom. The van der Waals surface area contributed by atoms with E-state index in [1.807, 2.05) is 0 Å². The number of nitrogens with one attached hydrogen (secondary N) is 1. The van der Waals surface area contributed by atoms with E-state index in [0.717, 1.165) is 13.0 Å². The van der Waals surface area contributed by atoms with Crippen LogP contribution in [-0.2, 0) is 14.3 Å². The predicted molar refractivity (Wildman–Crippen MR) is 105 cm³/mol. The molecule has 1 spiro atoms. The number of hydrogen-bond acceptors (Lipinski definition) is 3. The Morgan fingerprint density at radius 3 is 2.93 bits per heavy atom. The Labute approximate surface area is 163 Å². The Hall–Kier alpha value is -1.39. The van der Waals surface area contributed by atoms with Crippen LogP contribution < -0.4 is 5.32 Å². The van der Waals surface area contributed by atoms with Crippen LogP contribution in [0, 0.1) is 29.6 Å². The highest BCUT2D eigenvalue weighted by Crippen LogP contribution is 2.70. The fraction of sp³-hybridized carbons (Fsp3) is 0.696. The first-order valence-corrected chi connectivity index (χ1v) is 10.3. The molecule has 1 heterocycles. The van der Waals surface area contributed by atoms with E-state index in [4.69, 9.17) is 9.47 Å². The number of rotatable bonds is 5. The van der Waals surface area contributed by atoms with Crippen molar-refractivity contribution >= 4 is 5.91 Å². The van der Waals surface area contributed by atoms with Crippen molar-refractivity contribution in [2.45, 2.75) is 58.6 Å². The summed E-state index contributed by atoms with van der Waals surface area (Å²) in [5.41, 5.74) is 2.87. The van der Waals surface area contributed by atoms with Gasteiger partial charge in [-0.05, 0) is 54.4 Å². The number of aryl methyl sites for hydroxylation is 1. The van der Waals surface area contributed by atoms with Gasteiger partial charge in [-0.15, -0.1) is 0 Å². The molecule has 4 nitrogen and oxygen atoms in total. The van der Waals surface area contributed by atoms with E-state index in [2.05, 4.69) is 50.4 Å².